The molecule has 0 radical (unpaired) electrons. The lowest BCUT2D eigenvalue weighted by Gasteiger charge is -2.09. The predicted octanol–water partition coefficient (Wildman–Crippen LogP) is 2.70. The van der Waals surface area contributed by atoms with Gasteiger partial charge in [0, 0.05) is 12.3 Å². The number of aliphatic hydroxyl groups excluding tert-OH is 1. The topological polar surface area (TPSA) is 86.6 Å². The van der Waals surface area contributed by atoms with E-state index in [1.165, 1.54) is 12.1 Å². The van der Waals surface area contributed by atoms with Gasteiger partial charge in [0.25, 0.3) is 5.91 Å². The lowest BCUT2D eigenvalue weighted by Crippen LogP contribution is -2.18. The van der Waals surface area contributed by atoms with Gasteiger partial charge in [0.1, 0.15) is 5.82 Å². The van der Waals surface area contributed by atoms with Gasteiger partial charge < -0.3 is 15.5 Å². The van der Waals surface area contributed by atoms with Crippen LogP contribution in [0.1, 0.15) is 32.7 Å². The van der Waals surface area contributed by atoms with Crippen LogP contribution in [0.5, 0.6) is 0 Å². The van der Waals surface area contributed by atoms with Crippen molar-refractivity contribution in [3.63, 3.8) is 0 Å². The molecule has 0 aliphatic carbocycles. The minimum atomic E-state index is -1.37. The number of nitrogens with one attached hydrogen (secondary N) is 1. The van der Waals surface area contributed by atoms with Crippen molar-refractivity contribution in [1.82, 2.24) is 0 Å². The van der Waals surface area contributed by atoms with Crippen LogP contribution in [0, 0.1) is 5.82 Å². The summed E-state index contributed by atoms with van der Waals surface area (Å²) in [5, 5.41) is 20.3. The van der Waals surface area contributed by atoms with E-state index in [2.05, 4.69) is 5.32 Å². The Hall–Kier alpha value is -2.73. The summed E-state index contributed by atoms with van der Waals surface area (Å²) < 4.78 is 13.8. The number of hydrogen-bond donors (Lipinski definition) is 3. The number of amides is 1. The fourth-order valence-corrected chi connectivity index (χ4v) is 2.16. The van der Waals surface area contributed by atoms with Gasteiger partial charge in [0.15, 0.2) is 0 Å². The summed E-state index contributed by atoms with van der Waals surface area (Å²) in [7, 11) is 0. The Labute approximate surface area is 132 Å². The molecule has 2 aromatic rings. The third-order valence-electron chi connectivity index (χ3n) is 3.31. The van der Waals surface area contributed by atoms with Crippen LogP contribution in [-0.4, -0.2) is 28.7 Å². The Kier molecular flexibility index (Phi) is 5.43. The molecule has 1 amide bonds. The number of carboxylic acids is 1. The molecule has 0 spiro atoms. The molecule has 5 nitrogen and oxygen atoms in total. The number of hydrogen-bond acceptors (Lipinski definition) is 3. The number of carbonyl (C=O) groups excluding carboxylic acids is 1. The Bertz CT molecular complexity index is 713. The number of carboxylic acid groups (broad SMARTS) is 1. The molecule has 2 rings (SSSR count). The number of anilines is 1. The van der Waals surface area contributed by atoms with Gasteiger partial charge in [0.05, 0.1) is 11.1 Å². The van der Waals surface area contributed by atoms with E-state index in [4.69, 9.17) is 10.2 Å². The summed E-state index contributed by atoms with van der Waals surface area (Å²) in [5.74, 6) is -3.07. The first-order valence-electron chi connectivity index (χ1n) is 7.06. The van der Waals surface area contributed by atoms with E-state index in [1.54, 1.807) is 24.3 Å². The molecule has 0 aromatic heterocycles. The highest BCUT2D eigenvalue weighted by atomic mass is 19.1. The van der Waals surface area contributed by atoms with Gasteiger partial charge in [-0.05, 0) is 42.7 Å². The molecular weight excluding hydrogens is 301 g/mol. The molecule has 0 saturated heterocycles. The monoisotopic (exact) mass is 317 g/mol. The normalized spacial score (nSPS) is 10.3. The SMILES string of the molecule is O=C(O)c1cccc(F)c1C(=O)Nc1ccc(CCCO)cc1. The van der Waals surface area contributed by atoms with E-state index in [0.29, 0.717) is 18.5 Å². The highest BCUT2D eigenvalue weighted by Gasteiger charge is 2.20. The van der Waals surface area contributed by atoms with Crippen LogP contribution < -0.4 is 5.32 Å². The molecule has 120 valence electrons. The fourth-order valence-electron chi connectivity index (χ4n) is 2.16. The second-order valence-corrected chi connectivity index (χ2v) is 4.95. The number of aliphatic hydroxyl groups is 1. The van der Waals surface area contributed by atoms with Crippen LogP contribution in [0.15, 0.2) is 42.5 Å². The minimum Gasteiger partial charge on any atom is -0.478 e. The average molecular weight is 317 g/mol. The first-order valence-corrected chi connectivity index (χ1v) is 7.06. The molecule has 0 unspecified atom stereocenters. The number of halogens is 1. The molecule has 0 aliphatic rings. The van der Waals surface area contributed by atoms with Gasteiger partial charge in [-0.15, -0.1) is 0 Å². The molecule has 0 fully saturated rings. The maximum Gasteiger partial charge on any atom is 0.336 e. The molecule has 0 saturated carbocycles. The number of benzene rings is 2. The summed E-state index contributed by atoms with van der Waals surface area (Å²) >= 11 is 0. The summed E-state index contributed by atoms with van der Waals surface area (Å²) in [5.41, 5.74) is 0.544. The first-order chi connectivity index (χ1) is 11.0. The average Bonchev–Trinajstić information content (AvgIpc) is 2.53. The van der Waals surface area contributed by atoms with Crippen molar-refractivity contribution < 1.29 is 24.2 Å². The molecule has 0 aliphatic heterocycles. The Morgan fingerprint density at radius 3 is 2.39 bits per heavy atom. The number of aromatic carboxylic acids is 1. The van der Waals surface area contributed by atoms with Crippen LogP contribution in [0.3, 0.4) is 0 Å². The van der Waals surface area contributed by atoms with Gasteiger partial charge >= 0.3 is 5.97 Å². The lowest BCUT2D eigenvalue weighted by atomic mass is 10.1. The van der Waals surface area contributed by atoms with E-state index in [1.807, 2.05) is 0 Å². The molecule has 0 bridgehead atoms. The lowest BCUT2D eigenvalue weighted by molar-refractivity contribution is 0.0691. The van der Waals surface area contributed by atoms with Crippen molar-refractivity contribution in [3.05, 3.63) is 65.0 Å². The zero-order chi connectivity index (χ0) is 16.8. The molecule has 3 N–H and O–H groups in total. The van der Waals surface area contributed by atoms with Crippen molar-refractivity contribution >= 4 is 17.6 Å². The highest BCUT2D eigenvalue weighted by molar-refractivity contribution is 6.10. The summed E-state index contributed by atoms with van der Waals surface area (Å²) in [6, 6.07) is 10.3. The van der Waals surface area contributed by atoms with E-state index in [0.717, 1.165) is 11.6 Å². The zero-order valence-corrected chi connectivity index (χ0v) is 12.3. The second kappa shape index (κ2) is 7.51. The van der Waals surface area contributed by atoms with Crippen LogP contribution >= 0.6 is 0 Å². The molecule has 23 heavy (non-hydrogen) atoms. The Balaban J connectivity index is 2.18. The molecule has 0 heterocycles. The van der Waals surface area contributed by atoms with Crippen molar-refractivity contribution in [1.29, 1.82) is 0 Å². The van der Waals surface area contributed by atoms with Crippen LogP contribution in [0.25, 0.3) is 0 Å². The number of aryl methyl sites for hydroxylation is 1. The second-order valence-electron chi connectivity index (χ2n) is 4.95. The third-order valence-corrected chi connectivity index (χ3v) is 3.31. The number of rotatable bonds is 6. The van der Waals surface area contributed by atoms with Crippen molar-refractivity contribution in [3.8, 4) is 0 Å². The van der Waals surface area contributed by atoms with Gasteiger partial charge in [-0.1, -0.05) is 18.2 Å². The quantitative estimate of drug-likeness (QED) is 0.764. The summed E-state index contributed by atoms with van der Waals surface area (Å²) in [6.07, 6.45) is 1.35. The molecular formula is C17H16FNO4. The van der Waals surface area contributed by atoms with Crippen LogP contribution in [0.4, 0.5) is 10.1 Å². The van der Waals surface area contributed by atoms with E-state index in [9.17, 15) is 14.0 Å². The van der Waals surface area contributed by atoms with E-state index < -0.39 is 23.3 Å². The fraction of sp³-hybridized carbons (Fsp3) is 0.176. The van der Waals surface area contributed by atoms with Gasteiger partial charge in [-0.25, -0.2) is 9.18 Å². The molecule has 6 heteroatoms. The van der Waals surface area contributed by atoms with E-state index in [-0.39, 0.29) is 12.2 Å². The van der Waals surface area contributed by atoms with Crippen molar-refractivity contribution in [2.75, 3.05) is 11.9 Å². The summed E-state index contributed by atoms with van der Waals surface area (Å²) in [4.78, 5) is 23.3. The molecule has 2 aromatic carbocycles. The standard InChI is InChI=1S/C17H16FNO4/c18-14-5-1-4-13(17(22)23)15(14)16(21)19-12-8-6-11(7-9-12)3-2-10-20/h1,4-9,20H,2-3,10H2,(H,19,21)(H,22,23). The number of carbonyl (C=O) groups is 2. The maximum absolute atomic E-state index is 13.8. The minimum absolute atomic E-state index is 0.101. The smallest absolute Gasteiger partial charge is 0.336 e. The van der Waals surface area contributed by atoms with Gasteiger partial charge in [0.2, 0.25) is 0 Å². The molecule has 0 atom stereocenters. The van der Waals surface area contributed by atoms with Crippen LogP contribution in [0.2, 0.25) is 0 Å². The Morgan fingerprint density at radius 2 is 1.78 bits per heavy atom. The van der Waals surface area contributed by atoms with Gasteiger partial charge in [-0.2, -0.15) is 0 Å². The van der Waals surface area contributed by atoms with Crippen molar-refractivity contribution in [2.45, 2.75) is 12.8 Å². The first kappa shape index (κ1) is 16.6. The van der Waals surface area contributed by atoms with Gasteiger partial charge in [-0.3, -0.25) is 4.79 Å². The zero-order valence-electron chi connectivity index (χ0n) is 12.3. The third kappa shape index (κ3) is 4.14. The van der Waals surface area contributed by atoms with Crippen molar-refractivity contribution in [2.24, 2.45) is 0 Å². The Morgan fingerprint density at radius 1 is 1.09 bits per heavy atom. The largest absolute Gasteiger partial charge is 0.478 e. The summed E-state index contributed by atoms with van der Waals surface area (Å²) in [6.45, 7) is 0.101. The van der Waals surface area contributed by atoms with Crippen LogP contribution in [-0.2, 0) is 6.42 Å². The van der Waals surface area contributed by atoms with E-state index >= 15 is 0 Å². The predicted molar refractivity (Wildman–Crippen MR) is 83.2 cm³/mol. The highest BCUT2D eigenvalue weighted by Crippen LogP contribution is 2.17. The maximum atomic E-state index is 13.8.